The number of unbranched alkanes of at least 4 members (excludes halogenated alkanes) is 4. The number of nitrogens with two attached hydrogens (primary N) is 2. The van der Waals surface area contributed by atoms with E-state index in [-0.39, 0.29) is 5.96 Å². The highest BCUT2D eigenvalue weighted by Gasteiger charge is 1.84. The summed E-state index contributed by atoms with van der Waals surface area (Å²) in [5.74, 6) is 0.0137. The Labute approximate surface area is 94.1 Å². The van der Waals surface area contributed by atoms with Gasteiger partial charge in [-0.3, -0.25) is 0 Å². The van der Waals surface area contributed by atoms with Crippen LogP contribution in [0.5, 0.6) is 0 Å². The molecular weight excluding hydrogens is 214 g/mol. The predicted octanol–water partition coefficient (Wildman–Crippen LogP) is 0.868. The fraction of sp³-hybridized carbons (Fsp3) is 0.750. The van der Waals surface area contributed by atoms with Gasteiger partial charge in [0.15, 0.2) is 0 Å². The van der Waals surface area contributed by atoms with E-state index in [1.165, 1.54) is 19.3 Å². The molecule has 0 fully saturated rings. The van der Waals surface area contributed by atoms with Crippen molar-refractivity contribution in [2.24, 2.45) is 21.7 Å². The van der Waals surface area contributed by atoms with Crippen molar-refractivity contribution in [1.82, 2.24) is 0 Å². The van der Waals surface area contributed by atoms with Crippen LogP contribution in [0.4, 0.5) is 0 Å². The molecule has 0 heterocycles. The van der Waals surface area contributed by atoms with E-state index < -0.39 is 5.09 Å². The van der Waals surface area contributed by atoms with E-state index in [0.717, 1.165) is 12.8 Å². The zero-order chi connectivity index (χ0) is 12.8. The fourth-order valence-electron chi connectivity index (χ4n) is 0.828. The first-order valence-electron chi connectivity index (χ1n) is 4.94. The Morgan fingerprint density at radius 2 is 2.00 bits per heavy atom. The topological polar surface area (TPSA) is 140 Å². The fourth-order valence-corrected chi connectivity index (χ4v) is 0.828. The molecule has 8 heteroatoms. The molecule has 0 aliphatic heterocycles. The smallest absolute Gasteiger partial charge is 0.291 e. The van der Waals surface area contributed by atoms with Gasteiger partial charge in [0.2, 0.25) is 5.96 Å². The number of hydrogen-bond donors (Lipinski definition) is 3. The van der Waals surface area contributed by atoms with Gasteiger partial charge in [0, 0.05) is 6.21 Å². The molecule has 94 valence electrons. The van der Waals surface area contributed by atoms with Crippen LogP contribution in [-0.2, 0) is 0 Å². The van der Waals surface area contributed by atoms with E-state index in [1.54, 1.807) is 6.21 Å². The first-order chi connectivity index (χ1) is 7.50. The minimum absolute atomic E-state index is 0.0137. The van der Waals surface area contributed by atoms with Crippen LogP contribution in [0.3, 0.4) is 0 Å². The molecule has 0 atom stereocenters. The van der Waals surface area contributed by atoms with E-state index in [1.807, 2.05) is 0 Å². The molecule has 0 aromatic carbocycles. The van der Waals surface area contributed by atoms with Gasteiger partial charge in [-0.25, -0.2) is 0 Å². The lowest BCUT2D eigenvalue weighted by Crippen LogP contribution is -2.21. The summed E-state index contributed by atoms with van der Waals surface area (Å²) in [6.07, 6.45) is 7.66. The van der Waals surface area contributed by atoms with Crippen LogP contribution in [0.25, 0.3) is 0 Å². The predicted molar refractivity (Wildman–Crippen MR) is 61.8 cm³/mol. The second-order valence-electron chi connectivity index (χ2n) is 2.91. The third-order valence-corrected chi connectivity index (χ3v) is 1.44. The Morgan fingerprint density at radius 1 is 1.44 bits per heavy atom. The number of guanidine groups is 1. The number of rotatable bonds is 6. The third kappa shape index (κ3) is 29.6. The zero-order valence-corrected chi connectivity index (χ0v) is 9.37. The summed E-state index contributed by atoms with van der Waals surface area (Å²) in [6, 6.07) is 0. The van der Waals surface area contributed by atoms with Gasteiger partial charge in [0.25, 0.3) is 5.09 Å². The summed E-state index contributed by atoms with van der Waals surface area (Å²) in [4.78, 5) is 8.36. The van der Waals surface area contributed by atoms with Crippen LogP contribution in [-0.4, -0.2) is 22.5 Å². The summed E-state index contributed by atoms with van der Waals surface area (Å²) in [5.41, 5.74) is 10.1. The van der Waals surface area contributed by atoms with Crippen molar-refractivity contribution in [3.8, 4) is 0 Å². The maximum atomic E-state index is 8.36. The Kier molecular flexibility index (Phi) is 13.6. The Morgan fingerprint density at radius 3 is 2.44 bits per heavy atom. The van der Waals surface area contributed by atoms with Gasteiger partial charge in [-0.15, -0.1) is 15.2 Å². The molecule has 0 aliphatic rings. The molecule has 8 nitrogen and oxygen atoms in total. The standard InChI is InChI=1S/C8H18N4.HNO3/c1-2-3-4-5-6-7-11-12-8(9)10;2-1(3)4/h7H,2-6H2,1H3,(H4,9,10,12);(H,2,3,4). The van der Waals surface area contributed by atoms with Crippen LogP contribution in [0.2, 0.25) is 0 Å². The van der Waals surface area contributed by atoms with Gasteiger partial charge >= 0.3 is 0 Å². The van der Waals surface area contributed by atoms with Crippen molar-refractivity contribution in [2.75, 3.05) is 0 Å². The van der Waals surface area contributed by atoms with E-state index >= 15 is 0 Å². The molecule has 0 spiro atoms. The van der Waals surface area contributed by atoms with E-state index in [0.29, 0.717) is 0 Å². The van der Waals surface area contributed by atoms with Crippen molar-refractivity contribution in [1.29, 1.82) is 0 Å². The van der Waals surface area contributed by atoms with Gasteiger partial charge in [0.05, 0.1) is 0 Å². The number of nitrogens with zero attached hydrogens (tertiary/aromatic N) is 3. The average molecular weight is 233 g/mol. The highest BCUT2D eigenvalue weighted by atomic mass is 16.9. The lowest BCUT2D eigenvalue weighted by Gasteiger charge is -1.92. The van der Waals surface area contributed by atoms with Gasteiger partial charge in [-0.05, 0) is 12.8 Å². The van der Waals surface area contributed by atoms with Crippen molar-refractivity contribution in [2.45, 2.75) is 39.0 Å². The minimum atomic E-state index is -1.50. The molecule has 0 aliphatic carbocycles. The summed E-state index contributed by atoms with van der Waals surface area (Å²) in [7, 11) is 0. The monoisotopic (exact) mass is 233 g/mol. The summed E-state index contributed by atoms with van der Waals surface area (Å²) in [6.45, 7) is 2.19. The highest BCUT2D eigenvalue weighted by Crippen LogP contribution is 2.00. The molecule has 16 heavy (non-hydrogen) atoms. The van der Waals surface area contributed by atoms with Crippen molar-refractivity contribution in [3.05, 3.63) is 10.1 Å². The molecule has 0 aromatic heterocycles. The SMILES string of the molecule is CCCCCCC=NN=C(N)N.O=[N+]([O-])O. The van der Waals surface area contributed by atoms with Crippen LogP contribution in [0.15, 0.2) is 10.2 Å². The second-order valence-corrected chi connectivity index (χ2v) is 2.91. The van der Waals surface area contributed by atoms with Crippen LogP contribution >= 0.6 is 0 Å². The average Bonchev–Trinajstić information content (AvgIpc) is 2.15. The van der Waals surface area contributed by atoms with Crippen LogP contribution in [0.1, 0.15) is 39.0 Å². The number of hydrogen-bond acceptors (Lipinski definition) is 4. The van der Waals surface area contributed by atoms with Gasteiger partial charge in [-0.2, -0.15) is 5.10 Å². The molecule has 0 unspecified atom stereocenters. The molecule has 0 saturated carbocycles. The molecule has 0 rings (SSSR count). The van der Waals surface area contributed by atoms with E-state index in [4.69, 9.17) is 26.8 Å². The maximum Gasteiger partial charge on any atom is 0.291 e. The molecule has 0 radical (unpaired) electrons. The third-order valence-electron chi connectivity index (χ3n) is 1.44. The van der Waals surface area contributed by atoms with Crippen LogP contribution < -0.4 is 11.5 Å². The molecule has 0 aromatic rings. The lowest BCUT2D eigenvalue weighted by molar-refractivity contribution is -0.742. The Bertz CT molecular complexity index is 222. The van der Waals surface area contributed by atoms with E-state index in [2.05, 4.69) is 17.1 Å². The molecular formula is C8H19N5O3. The zero-order valence-electron chi connectivity index (χ0n) is 9.37. The molecule has 0 amide bonds. The van der Waals surface area contributed by atoms with Gasteiger partial charge in [-0.1, -0.05) is 26.2 Å². The van der Waals surface area contributed by atoms with Crippen molar-refractivity contribution in [3.63, 3.8) is 0 Å². The maximum absolute atomic E-state index is 8.36. The summed E-state index contributed by atoms with van der Waals surface area (Å²) < 4.78 is 0. The molecule has 5 N–H and O–H groups in total. The quantitative estimate of drug-likeness (QED) is 0.205. The van der Waals surface area contributed by atoms with Crippen molar-refractivity contribution >= 4 is 12.2 Å². The largest absolute Gasteiger partial charge is 0.369 e. The van der Waals surface area contributed by atoms with Crippen LogP contribution in [0, 0.1) is 10.1 Å². The lowest BCUT2D eigenvalue weighted by atomic mass is 10.2. The second kappa shape index (κ2) is 13.1. The first-order valence-corrected chi connectivity index (χ1v) is 4.94. The minimum Gasteiger partial charge on any atom is -0.369 e. The van der Waals surface area contributed by atoms with Gasteiger partial charge < -0.3 is 16.7 Å². The van der Waals surface area contributed by atoms with E-state index in [9.17, 15) is 0 Å². The highest BCUT2D eigenvalue weighted by molar-refractivity contribution is 5.76. The normalized spacial score (nSPS) is 9.31. The summed E-state index contributed by atoms with van der Waals surface area (Å²) in [5, 5.41) is 20.8. The molecule has 0 saturated heterocycles. The Balaban J connectivity index is 0. The molecule has 0 bridgehead atoms. The summed E-state index contributed by atoms with van der Waals surface area (Å²) >= 11 is 0. The first kappa shape index (κ1) is 16.6. The van der Waals surface area contributed by atoms with Gasteiger partial charge in [0.1, 0.15) is 0 Å². The Hall–Kier alpha value is -1.86. The van der Waals surface area contributed by atoms with Crippen molar-refractivity contribution < 1.29 is 10.3 Å².